The lowest BCUT2D eigenvalue weighted by molar-refractivity contribution is 0.471. The monoisotopic (exact) mass is 293 g/mol. The molecule has 0 aromatic heterocycles. The Labute approximate surface area is 122 Å². The Morgan fingerprint density at radius 3 is 2.53 bits per heavy atom. The van der Waals surface area contributed by atoms with Crippen LogP contribution in [0.2, 0.25) is 5.02 Å². The molecule has 0 radical (unpaired) electrons. The quantitative estimate of drug-likeness (QED) is 0.817. The molecule has 0 spiro atoms. The molecule has 2 aromatic rings. The predicted molar refractivity (Wildman–Crippen MR) is 82.4 cm³/mol. The van der Waals surface area contributed by atoms with Crippen LogP contribution in [0.25, 0.3) is 0 Å². The van der Waals surface area contributed by atoms with Crippen LogP contribution in [-0.2, 0) is 0 Å². The van der Waals surface area contributed by atoms with Gasteiger partial charge in [0.05, 0.1) is 5.02 Å². The van der Waals surface area contributed by atoms with E-state index in [0.717, 1.165) is 16.2 Å². The smallest absolute Gasteiger partial charge is 0.146 e. The van der Waals surface area contributed by atoms with Crippen LogP contribution in [0, 0.1) is 0 Å². The van der Waals surface area contributed by atoms with Crippen molar-refractivity contribution in [2.75, 3.05) is 6.26 Å². The minimum Gasteiger partial charge on any atom is -0.455 e. The molecule has 0 fully saturated rings. The molecule has 2 nitrogen and oxygen atoms in total. The fraction of sp³-hybridized carbons (Fsp3) is 0.200. The van der Waals surface area contributed by atoms with Crippen LogP contribution in [0.3, 0.4) is 0 Å². The lowest BCUT2D eigenvalue weighted by atomic mass is 10.1. The van der Waals surface area contributed by atoms with Crippen molar-refractivity contribution < 1.29 is 4.74 Å². The van der Waals surface area contributed by atoms with E-state index in [1.165, 1.54) is 0 Å². The van der Waals surface area contributed by atoms with Crippen molar-refractivity contribution >= 4 is 23.4 Å². The van der Waals surface area contributed by atoms with Crippen LogP contribution < -0.4 is 10.5 Å². The second kappa shape index (κ2) is 6.33. The largest absolute Gasteiger partial charge is 0.455 e. The number of para-hydroxylation sites is 1. The van der Waals surface area contributed by atoms with Crippen LogP contribution in [-0.4, -0.2) is 6.26 Å². The molecule has 0 amide bonds. The number of benzene rings is 2. The molecule has 0 heterocycles. The van der Waals surface area contributed by atoms with Gasteiger partial charge in [-0.3, -0.25) is 0 Å². The summed E-state index contributed by atoms with van der Waals surface area (Å²) in [7, 11) is 0. The first-order valence-corrected chi connectivity index (χ1v) is 7.58. The third-order valence-corrected chi connectivity index (χ3v) is 3.84. The van der Waals surface area contributed by atoms with Crippen molar-refractivity contribution in [3.63, 3.8) is 0 Å². The molecule has 0 unspecified atom stereocenters. The first-order valence-electron chi connectivity index (χ1n) is 5.97. The molecule has 0 aliphatic rings. The predicted octanol–water partition coefficient (Wildman–Crippen LogP) is 4.87. The topological polar surface area (TPSA) is 35.2 Å². The first-order chi connectivity index (χ1) is 9.11. The molecule has 100 valence electrons. The first kappa shape index (κ1) is 14.3. The molecular weight excluding hydrogens is 278 g/mol. The Morgan fingerprint density at radius 1 is 1.16 bits per heavy atom. The summed E-state index contributed by atoms with van der Waals surface area (Å²) in [6, 6.07) is 13.5. The van der Waals surface area contributed by atoms with E-state index in [9.17, 15) is 0 Å². The van der Waals surface area contributed by atoms with Crippen molar-refractivity contribution in [3.05, 3.63) is 53.1 Å². The minimum absolute atomic E-state index is 0.0370. The number of ether oxygens (including phenoxy) is 1. The highest BCUT2D eigenvalue weighted by Gasteiger charge is 2.09. The van der Waals surface area contributed by atoms with Crippen LogP contribution in [0.15, 0.2) is 47.4 Å². The summed E-state index contributed by atoms with van der Waals surface area (Å²) in [5.41, 5.74) is 6.82. The van der Waals surface area contributed by atoms with Crippen LogP contribution in [0.1, 0.15) is 18.5 Å². The summed E-state index contributed by atoms with van der Waals surface area (Å²) in [6.07, 6.45) is 2.02. The Hall–Kier alpha value is -1.16. The molecule has 0 bridgehead atoms. The maximum atomic E-state index is 6.23. The minimum atomic E-state index is -0.0370. The van der Waals surface area contributed by atoms with Gasteiger partial charge in [0.2, 0.25) is 0 Å². The Bertz CT molecular complexity index is 572. The van der Waals surface area contributed by atoms with Gasteiger partial charge >= 0.3 is 0 Å². The highest BCUT2D eigenvalue weighted by molar-refractivity contribution is 7.98. The molecule has 2 N–H and O–H groups in total. The van der Waals surface area contributed by atoms with E-state index in [1.807, 2.05) is 55.6 Å². The molecule has 2 rings (SSSR count). The van der Waals surface area contributed by atoms with Gasteiger partial charge in [0.15, 0.2) is 0 Å². The van der Waals surface area contributed by atoms with Gasteiger partial charge in [-0.2, -0.15) is 0 Å². The molecule has 0 saturated heterocycles. The summed E-state index contributed by atoms with van der Waals surface area (Å²) in [5.74, 6) is 1.46. The second-order valence-corrected chi connectivity index (χ2v) is 5.49. The van der Waals surface area contributed by atoms with Crippen molar-refractivity contribution in [1.82, 2.24) is 0 Å². The van der Waals surface area contributed by atoms with Crippen molar-refractivity contribution in [2.45, 2.75) is 17.9 Å². The number of rotatable bonds is 4. The third kappa shape index (κ3) is 3.44. The Balaban J connectivity index is 2.28. The fourth-order valence-corrected chi connectivity index (χ4v) is 2.46. The highest BCUT2D eigenvalue weighted by Crippen LogP contribution is 2.35. The molecule has 2 aromatic carbocycles. The number of hydrogen-bond donors (Lipinski definition) is 1. The molecule has 0 aliphatic heterocycles. The second-order valence-electron chi connectivity index (χ2n) is 4.23. The van der Waals surface area contributed by atoms with Gasteiger partial charge in [0, 0.05) is 10.9 Å². The summed E-state index contributed by atoms with van der Waals surface area (Å²) in [5, 5.41) is 0.575. The van der Waals surface area contributed by atoms with Gasteiger partial charge in [0.1, 0.15) is 11.5 Å². The zero-order valence-corrected chi connectivity index (χ0v) is 12.5. The number of nitrogens with two attached hydrogens (primary N) is 1. The van der Waals surface area contributed by atoms with Crippen molar-refractivity contribution in [1.29, 1.82) is 0 Å². The SMILES string of the molecule is CSc1ccccc1Oc1ccc([C@@H](C)N)cc1Cl. The van der Waals surface area contributed by atoms with Crippen LogP contribution in [0.5, 0.6) is 11.5 Å². The highest BCUT2D eigenvalue weighted by atomic mass is 35.5. The standard InChI is InChI=1S/C15H16ClNOS/c1-10(17)11-7-8-13(12(16)9-11)18-14-5-3-4-6-15(14)19-2/h3-10H,17H2,1-2H3/t10-/m1/s1. The van der Waals surface area contributed by atoms with Gasteiger partial charge in [0.25, 0.3) is 0 Å². The molecule has 1 atom stereocenters. The molecule has 19 heavy (non-hydrogen) atoms. The molecular formula is C15H16ClNOS. The fourth-order valence-electron chi connectivity index (χ4n) is 1.70. The molecule has 4 heteroatoms. The van der Waals surface area contributed by atoms with E-state index >= 15 is 0 Å². The van der Waals surface area contributed by atoms with Crippen molar-refractivity contribution in [2.24, 2.45) is 5.73 Å². The molecule has 0 saturated carbocycles. The zero-order valence-electron chi connectivity index (χ0n) is 10.9. The number of thioether (sulfide) groups is 1. The van der Waals surface area contributed by atoms with E-state index in [0.29, 0.717) is 10.8 Å². The van der Waals surface area contributed by atoms with Gasteiger partial charge in [-0.05, 0) is 43.0 Å². The Kier molecular flexibility index (Phi) is 4.75. The third-order valence-electron chi connectivity index (χ3n) is 2.77. The van der Waals surface area contributed by atoms with E-state index < -0.39 is 0 Å². The average Bonchev–Trinajstić information content (AvgIpc) is 2.41. The molecule has 0 aliphatic carbocycles. The van der Waals surface area contributed by atoms with E-state index in [2.05, 4.69) is 0 Å². The van der Waals surface area contributed by atoms with Crippen molar-refractivity contribution in [3.8, 4) is 11.5 Å². The average molecular weight is 294 g/mol. The normalized spacial score (nSPS) is 12.2. The zero-order chi connectivity index (χ0) is 13.8. The lowest BCUT2D eigenvalue weighted by Gasteiger charge is -2.12. The van der Waals surface area contributed by atoms with E-state index in [-0.39, 0.29) is 6.04 Å². The van der Waals surface area contributed by atoms with Crippen LogP contribution >= 0.6 is 23.4 Å². The van der Waals surface area contributed by atoms with E-state index in [1.54, 1.807) is 11.8 Å². The van der Waals surface area contributed by atoms with Gasteiger partial charge in [-0.1, -0.05) is 29.8 Å². The van der Waals surface area contributed by atoms with E-state index in [4.69, 9.17) is 22.1 Å². The number of halogens is 1. The summed E-state index contributed by atoms with van der Waals surface area (Å²) >= 11 is 7.87. The maximum Gasteiger partial charge on any atom is 0.146 e. The Morgan fingerprint density at radius 2 is 1.89 bits per heavy atom. The summed E-state index contributed by atoms with van der Waals surface area (Å²) in [4.78, 5) is 1.08. The van der Waals surface area contributed by atoms with Gasteiger partial charge in [-0.15, -0.1) is 11.8 Å². The summed E-state index contributed by atoms with van der Waals surface area (Å²) in [6.45, 7) is 1.93. The summed E-state index contributed by atoms with van der Waals surface area (Å²) < 4.78 is 5.87. The van der Waals surface area contributed by atoms with Crippen LogP contribution in [0.4, 0.5) is 0 Å². The number of hydrogen-bond acceptors (Lipinski definition) is 3. The van der Waals surface area contributed by atoms with Gasteiger partial charge in [-0.25, -0.2) is 0 Å². The van der Waals surface area contributed by atoms with Gasteiger partial charge < -0.3 is 10.5 Å². The lowest BCUT2D eigenvalue weighted by Crippen LogP contribution is -2.04. The maximum absolute atomic E-state index is 6.23.